The number of piperazine rings is 1. The van der Waals surface area contributed by atoms with Crippen LogP contribution < -0.4 is 0 Å². The number of hydrogen-bond acceptors (Lipinski definition) is 6. The van der Waals surface area contributed by atoms with Crippen LogP contribution in [0.1, 0.15) is 23.5 Å². The zero-order valence-electron chi connectivity index (χ0n) is 19.7. The van der Waals surface area contributed by atoms with E-state index < -0.39 is 0 Å². The molecule has 34 heavy (non-hydrogen) atoms. The number of aliphatic hydroxyl groups is 2. The van der Waals surface area contributed by atoms with Crippen LogP contribution in [0.3, 0.4) is 0 Å². The van der Waals surface area contributed by atoms with Crippen molar-refractivity contribution in [2.45, 2.75) is 18.8 Å². The van der Waals surface area contributed by atoms with Crippen molar-refractivity contribution in [2.24, 2.45) is 10.9 Å². The molecule has 4 rings (SSSR count). The van der Waals surface area contributed by atoms with Crippen molar-refractivity contribution in [3.05, 3.63) is 83.1 Å². The van der Waals surface area contributed by atoms with Crippen LogP contribution in [0.5, 0.6) is 0 Å². The Morgan fingerprint density at radius 3 is 2.18 bits per heavy atom. The van der Waals surface area contributed by atoms with Crippen molar-refractivity contribution in [3.63, 3.8) is 0 Å². The zero-order valence-corrected chi connectivity index (χ0v) is 19.7. The van der Waals surface area contributed by atoms with Crippen molar-refractivity contribution in [2.75, 3.05) is 52.4 Å². The second-order valence-electron chi connectivity index (χ2n) is 9.19. The van der Waals surface area contributed by atoms with E-state index in [-0.39, 0.29) is 30.0 Å². The summed E-state index contributed by atoms with van der Waals surface area (Å²) >= 11 is 0. The number of carbonyl (C=O) groups excluding carboxylic acids is 1. The van der Waals surface area contributed by atoms with Gasteiger partial charge in [-0.3, -0.25) is 19.6 Å². The Balaban J connectivity index is 1.45. The first-order chi connectivity index (χ1) is 16.7. The first kappa shape index (κ1) is 24.3. The lowest BCUT2D eigenvalue weighted by Crippen LogP contribution is -2.47. The molecule has 1 heterocycles. The Kier molecular flexibility index (Phi) is 8.63. The van der Waals surface area contributed by atoms with Crippen LogP contribution in [0.2, 0.25) is 0 Å². The summed E-state index contributed by atoms with van der Waals surface area (Å²) in [6.07, 6.45) is 2.89. The van der Waals surface area contributed by atoms with E-state index in [9.17, 15) is 9.90 Å². The van der Waals surface area contributed by atoms with Crippen LogP contribution in [0.15, 0.2) is 77.0 Å². The number of carbonyl (C=O) groups is 1. The van der Waals surface area contributed by atoms with Gasteiger partial charge in [-0.1, -0.05) is 60.7 Å². The summed E-state index contributed by atoms with van der Waals surface area (Å²) in [6.45, 7) is 6.16. The second kappa shape index (κ2) is 12.1. The predicted molar refractivity (Wildman–Crippen MR) is 135 cm³/mol. The molecular formula is C28H35N3O3. The van der Waals surface area contributed by atoms with Gasteiger partial charge in [0.25, 0.3) is 0 Å². The molecule has 0 radical (unpaired) electrons. The number of ketones is 1. The third kappa shape index (κ3) is 6.20. The number of β-amino-alcohol motifs (C(OH)–C–C–N with tert-alkyl or cyclic N) is 1. The Labute approximate surface area is 202 Å². The van der Waals surface area contributed by atoms with E-state index >= 15 is 0 Å². The third-order valence-corrected chi connectivity index (χ3v) is 6.94. The highest BCUT2D eigenvalue weighted by Crippen LogP contribution is 2.37. The maximum atomic E-state index is 13.4. The highest BCUT2D eigenvalue weighted by atomic mass is 16.3. The number of nitrogens with zero attached hydrogens (tertiary/aromatic N) is 3. The van der Waals surface area contributed by atoms with E-state index in [1.807, 2.05) is 48.5 Å². The van der Waals surface area contributed by atoms with Gasteiger partial charge in [0.05, 0.1) is 18.7 Å². The van der Waals surface area contributed by atoms with Crippen molar-refractivity contribution in [1.29, 1.82) is 0 Å². The van der Waals surface area contributed by atoms with Crippen molar-refractivity contribution in [1.82, 2.24) is 9.80 Å². The molecule has 1 aliphatic heterocycles. The number of allylic oxidation sites excluding steroid dienone is 2. The molecule has 0 aromatic heterocycles. The van der Waals surface area contributed by atoms with Crippen LogP contribution >= 0.6 is 0 Å². The third-order valence-electron chi connectivity index (χ3n) is 6.94. The lowest BCUT2D eigenvalue weighted by Gasteiger charge is -2.33. The molecule has 0 spiro atoms. The maximum Gasteiger partial charge on any atom is 0.175 e. The van der Waals surface area contributed by atoms with E-state index in [4.69, 9.17) is 5.11 Å². The highest BCUT2D eigenvalue weighted by molar-refractivity contribution is 6.17. The van der Waals surface area contributed by atoms with Crippen molar-refractivity contribution < 1.29 is 15.0 Å². The van der Waals surface area contributed by atoms with E-state index in [0.29, 0.717) is 25.0 Å². The molecule has 1 fully saturated rings. The second-order valence-corrected chi connectivity index (χ2v) is 9.19. The van der Waals surface area contributed by atoms with Gasteiger partial charge in [0, 0.05) is 57.3 Å². The van der Waals surface area contributed by atoms with Crippen LogP contribution in [0.25, 0.3) is 0 Å². The molecule has 2 aromatic rings. The number of benzene rings is 2. The number of hydrogen-bond donors (Lipinski definition) is 2. The number of aliphatic hydroxyl groups excluding tert-OH is 2. The van der Waals surface area contributed by atoms with Gasteiger partial charge in [0.15, 0.2) is 5.78 Å². The van der Waals surface area contributed by atoms with E-state index in [0.717, 1.165) is 50.4 Å². The quantitative estimate of drug-likeness (QED) is 0.562. The fourth-order valence-electron chi connectivity index (χ4n) is 4.95. The Morgan fingerprint density at radius 1 is 0.912 bits per heavy atom. The highest BCUT2D eigenvalue weighted by Gasteiger charge is 2.36. The summed E-state index contributed by atoms with van der Waals surface area (Å²) in [5.74, 6) is -0.269. The number of aliphatic imine (C=N–C) groups is 1. The summed E-state index contributed by atoms with van der Waals surface area (Å²) in [6, 6.07) is 20.0. The first-order valence-electron chi connectivity index (χ1n) is 12.3. The molecule has 2 aliphatic rings. The van der Waals surface area contributed by atoms with Gasteiger partial charge in [0.1, 0.15) is 5.76 Å². The molecule has 6 heteroatoms. The standard InChI is InChI=1S/C28H35N3O3/c32-18-17-31-15-13-30(14-16-31)12-11-29-21-26-27(33)24(19-22-7-3-1-4-8-22)20-25(28(26)34)23-9-5-2-6-10-23/h1-10,21,24-25,32-33H,11-20H2. The molecule has 180 valence electrons. The lowest BCUT2D eigenvalue weighted by molar-refractivity contribution is -0.117. The minimum Gasteiger partial charge on any atom is -0.511 e. The molecule has 2 aromatic carbocycles. The fourth-order valence-corrected chi connectivity index (χ4v) is 4.95. The minimum atomic E-state index is -0.271. The maximum absolute atomic E-state index is 13.4. The topological polar surface area (TPSA) is 76.4 Å². The smallest absolute Gasteiger partial charge is 0.175 e. The molecule has 0 bridgehead atoms. The van der Waals surface area contributed by atoms with E-state index in [1.54, 1.807) is 6.21 Å². The summed E-state index contributed by atoms with van der Waals surface area (Å²) < 4.78 is 0. The molecule has 1 aliphatic carbocycles. The minimum absolute atomic E-state index is 0.0469. The Bertz CT molecular complexity index is 982. The van der Waals surface area contributed by atoms with Gasteiger partial charge in [-0.05, 0) is 24.0 Å². The van der Waals surface area contributed by atoms with Crippen LogP contribution in [-0.4, -0.2) is 84.4 Å². The Hall–Kier alpha value is -2.80. The van der Waals surface area contributed by atoms with Gasteiger partial charge in [-0.25, -0.2) is 0 Å². The van der Waals surface area contributed by atoms with E-state index in [1.165, 1.54) is 0 Å². The van der Waals surface area contributed by atoms with Crippen molar-refractivity contribution >= 4 is 12.0 Å². The van der Waals surface area contributed by atoms with Gasteiger partial charge in [0.2, 0.25) is 0 Å². The van der Waals surface area contributed by atoms with Crippen molar-refractivity contribution in [3.8, 4) is 0 Å². The van der Waals surface area contributed by atoms with Gasteiger partial charge in [-0.2, -0.15) is 0 Å². The van der Waals surface area contributed by atoms with Gasteiger partial charge in [-0.15, -0.1) is 0 Å². The molecular weight excluding hydrogens is 426 g/mol. The summed E-state index contributed by atoms with van der Waals surface area (Å²) in [7, 11) is 0. The average Bonchev–Trinajstić information content (AvgIpc) is 2.87. The summed E-state index contributed by atoms with van der Waals surface area (Å²) in [5.41, 5.74) is 2.50. The Morgan fingerprint density at radius 2 is 1.53 bits per heavy atom. The molecule has 6 nitrogen and oxygen atoms in total. The lowest BCUT2D eigenvalue weighted by atomic mass is 9.75. The normalized spacial score (nSPS) is 22.6. The predicted octanol–water partition coefficient (Wildman–Crippen LogP) is 3.09. The number of Topliss-reactive ketones (excluding diaryl/α,β-unsaturated/α-hetero) is 1. The summed E-state index contributed by atoms with van der Waals surface area (Å²) in [5, 5.41) is 20.2. The molecule has 0 saturated carbocycles. The molecule has 2 unspecified atom stereocenters. The molecule has 1 saturated heterocycles. The average molecular weight is 462 g/mol. The molecule has 0 amide bonds. The number of rotatable bonds is 9. The van der Waals surface area contributed by atoms with Crippen LogP contribution in [0, 0.1) is 5.92 Å². The molecule has 2 N–H and O–H groups in total. The van der Waals surface area contributed by atoms with Gasteiger partial charge >= 0.3 is 0 Å². The zero-order chi connectivity index (χ0) is 23.8. The first-order valence-corrected chi connectivity index (χ1v) is 12.3. The largest absolute Gasteiger partial charge is 0.511 e. The van der Waals surface area contributed by atoms with Gasteiger partial charge < -0.3 is 10.2 Å². The van der Waals surface area contributed by atoms with E-state index in [2.05, 4.69) is 26.9 Å². The fraction of sp³-hybridized carbons (Fsp3) is 0.429. The molecule has 2 atom stereocenters. The summed E-state index contributed by atoms with van der Waals surface area (Å²) in [4.78, 5) is 22.6. The van der Waals surface area contributed by atoms with Crippen LogP contribution in [0.4, 0.5) is 0 Å². The SMILES string of the molecule is O=C1C(C=NCCN2CCN(CCO)CC2)=C(O)C(Cc2ccccc2)CC1c1ccccc1. The van der Waals surface area contributed by atoms with Crippen LogP contribution in [-0.2, 0) is 11.2 Å². The monoisotopic (exact) mass is 461 g/mol.